The summed E-state index contributed by atoms with van der Waals surface area (Å²) in [5.74, 6) is 0.825. The van der Waals surface area contributed by atoms with Crippen LogP contribution in [0.15, 0.2) is 23.3 Å². The second-order valence-electron chi connectivity index (χ2n) is 5.80. The van der Waals surface area contributed by atoms with Gasteiger partial charge in [-0.25, -0.2) is 0 Å². The van der Waals surface area contributed by atoms with Gasteiger partial charge in [0.25, 0.3) is 0 Å². The first-order valence-electron chi connectivity index (χ1n) is 7.28. The Kier molecular flexibility index (Phi) is 6.99. The Morgan fingerprint density at radius 2 is 2.14 bits per heavy atom. The number of aromatic nitrogens is 1. The summed E-state index contributed by atoms with van der Waals surface area (Å²) in [7, 11) is 5.84. The van der Waals surface area contributed by atoms with Crippen molar-refractivity contribution in [1.82, 2.24) is 14.8 Å². The molecule has 2 rings (SSSR count). The molecular weight excluding hydrogens is 379 g/mol. The average molecular weight is 406 g/mol. The maximum atomic E-state index is 10.4. The van der Waals surface area contributed by atoms with Crippen LogP contribution in [0.3, 0.4) is 0 Å². The SMILES string of the molecule is CN=C(NCC1(O)CCCC1)N(C)Cc1cccn1C.I. The van der Waals surface area contributed by atoms with Gasteiger partial charge in [0.05, 0.1) is 12.1 Å². The highest BCUT2D eigenvalue weighted by molar-refractivity contribution is 14.0. The Balaban J connectivity index is 0.00000220. The van der Waals surface area contributed by atoms with Crippen molar-refractivity contribution in [1.29, 1.82) is 0 Å². The number of nitrogens with one attached hydrogen (secondary N) is 1. The third-order valence-corrected chi connectivity index (χ3v) is 4.13. The molecule has 0 amide bonds. The van der Waals surface area contributed by atoms with Crippen molar-refractivity contribution in [3.63, 3.8) is 0 Å². The van der Waals surface area contributed by atoms with Crippen molar-refractivity contribution in [2.24, 2.45) is 12.0 Å². The molecule has 0 aromatic carbocycles. The predicted octanol–water partition coefficient (Wildman–Crippen LogP) is 1.96. The number of rotatable bonds is 4. The van der Waals surface area contributed by atoms with Crippen LogP contribution < -0.4 is 5.32 Å². The summed E-state index contributed by atoms with van der Waals surface area (Å²) >= 11 is 0. The maximum absolute atomic E-state index is 10.4. The average Bonchev–Trinajstić information content (AvgIpc) is 3.01. The van der Waals surface area contributed by atoms with Crippen LogP contribution in [0.25, 0.3) is 0 Å². The van der Waals surface area contributed by atoms with Gasteiger partial charge in [-0.15, -0.1) is 24.0 Å². The lowest BCUT2D eigenvalue weighted by Crippen LogP contribution is -2.46. The maximum Gasteiger partial charge on any atom is 0.193 e. The van der Waals surface area contributed by atoms with Gasteiger partial charge in [0.1, 0.15) is 0 Å². The molecule has 6 heteroatoms. The van der Waals surface area contributed by atoms with Gasteiger partial charge >= 0.3 is 0 Å². The molecule has 0 spiro atoms. The molecule has 0 atom stereocenters. The topological polar surface area (TPSA) is 52.8 Å². The second-order valence-corrected chi connectivity index (χ2v) is 5.80. The van der Waals surface area contributed by atoms with Crippen molar-refractivity contribution >= 4 is 29.9 Å². The minimum Gasteiger partial charge on any atom is -0.388 e. The van der Waals surface area contributed by atoms with E-state index in [2.05, 4.69) is 25.8 Å². The lowest BCUT2D eigenvalue weighted by atomic mass is 10.0. The molecule has 5 nitrogen and oxygen atoms in total. The first-order chi connectivity index (χ1) is 9.54. The van der Waals surface area contributed by atoms with Gasteiger partial charge in [-0.3, -0.25) is 4.99 Å². The number of guanidine groups is 1. The summed E-state index contributed by atoms with van der Waals surface area (Å²) in [5.41, 5.74) is 0.678. The molecule has 2 N–H and O–H groups in total. The fourth-order valence-electron chi connectivity index (χ4n) is 2.82. The monoisotopic (exact) mass is 406 g/mol. The Morgan fingerprint density at radius 1 is 1.48 bits per heavy atom. The molecule has 1 aliphatic carbocycles. The van der Waals surface area contributed by atoms with E-state index in [1.54, 1.807) is 7.05 Å². The van der Waals surface area contributed by atoms with E-state index in [4.69, 9.17) is 0 Å². The summed E-state index contributed by atoms with van der Waals surface area (Å²) in [6.07, 6.45) is 6.06. The van der Waals surface area contributed by atoms with E-state index in [1.807, 2.05) is 26.4 Å². The van der Waals surface area contributed by atoms with E-state index < -0.39 is 5.60 Å². The Bertz CT molecular complexity index is 466. The quantitative estimate of drug-likeness (QED) is 0.457. The summed E-state index contributed by atoms with van der Waals surface area (Å²) in [6, 6.07) is 4.15. The molecular formula is C15H27IN4O. The minimum atomic E-state index is -0.554. The first kappa shape index (κ1) is 18.3. The third-order valence-electron chi connectivity index (χ3n) is 4.13. The summed E-state index contributed by atoms with van der Waals surface area (Å²) in [4.78, 5) is 6.38. The van der Waals surface area contributed by atoms with Crippen molar-refractivity contribution in [3.05, 3.63) is 24.0 Å². The van der Waals surface area contributed by atoms with Crippen molar-refractivity contribution in [3.8, 4) is 0 Å². The van der Waals surface area contributed by atoms with E-state index in [-0.39, 0.29) is 24.0 Å². The van der Waals surface area contributed by atoms with Crippen molar-refractivity contribution in [2.45, 2.75) is 37.8 Å². The Hall–Kier alpha value is -0.760. The highest BCUT2D eigenvalue weighted by atomic mass is 127. The highest BCUT2D eigenvalue weighted by Gasteiger charge is 2.31. The molecule has 0 unspecified atom stereocenters. The lowest BCUT2D eigenvalue weighted by Gasteiger charge is -2.27. The van der Waals surface area contributed by atoms with E-state index in [1.165, 1.54) is 5.69 Å². The van der Waals surface area contributed by atoms with Crippen molar-refractivity contribution < 1.29 is 5.11 Å². The highest BCUT2D eigenvalue weighted by Crippen LogP contribution is 2.28. The number of hydrogen-bond donors (Lipinski definition) is 2. The molecule has 0 aliphatic heterocycles. The number of nitrogens with zero attached hydrogens (tertiary/aromatic N) is 3. The van der Waals surface area contributed by atoms with Crippen LogP contribution in [-0.2, 0) is 13.6 Å². The van der Waals surface area contributed by atoms with Gasteiger partial charge in [0, 0.05) is 39.6 Å². The number of aliphatic imine (C=N–C) groups is 1. The van der Waals surface area contributed by atoms with E-state index in [0.29, 0.717) is 6.54 Å². The number of aliphatic hydroxyl groups is 1. The van der Waals surface area contributed by atoms with Crippen LogP contribution in [-0.4, -0.2) is 46.8 Å². The minimum absolute atomic E-state index is 0. The zero-order valence-electron chi connectivity index (χ0n) is 13.2. The van der Waals surface area contributed by atoms with Gasteiger partial charge in [-0.05, 0) is 25.0 Å². The second kappa shape index (κ2) is 8.03. The van der Waals surface area contributed by atoms with Crippen LogP contribution in [0, 0.1) is 0 Å². The van der Waals surface area contributed by atoms with Crippen LogP contribution in [0.4, 0.5) is 0 Å². The molecule has 21 heavy (non-hydrogen) atoms. The molecule has 1 aliphatic rings. The van der Waals surface area contributed by atoms with Crippen LogP contribution >= 0.6 is 24.0 Å². The molecule has 1 saturated carbocycles. The standard InChI is InChI=1S/C15H26N4O.HI/c1-16-14(17-12-15(20)8-4-5-9-15)19(3)11-13-7-6-10-18(13)2;/h6-7,10,20H,4-5,8-9,11-12H2,1-3H3,(H,16,17);1H. The van der Waals surface area contributed by atoms with E-state index >= 15 is 0 Å². The molecule has 0 saturated heterocycles. The summed E-state index contributed by atoms with van der Waals surface area (Å²) in [6.45, 7) is 1.37. The fraction of sp³-hybridized carbons (Fsp3) is 0.667. The smallest absolute Gasteiger partial charge is 0.193 e. The molecule has 0 radical (unpaired) electrons. The van der Waals surface area contributed by atoms with Crippen molar-refractivity contribution in [2.75, 3.05) is 20.6 Å². The van der Waals surface area contributed by atoms with E-state index in [0.717, 1.165) is 38.2 Å². The van der Waals surface area contributed by atoms with Gasteiger partial charge < -0.3 is 19.9 Å². The van der Waals surface area contributed by atoms with Crippen LogP contribution in [0.5, 0.6) is 0 Å². The van der Waals surface area contributed by atoms with Gasteiger partial charge in [0.15, 0.2) is 5.96 Å². The zero-order chi connectivity index (χ0) is 14.6. The Labute approximate surface area is 144 Å². The van der Waals surface area contributed by atoms with Crippen LogP contribution in [0.1, 0.15) is 31.4 Å². The predicted molar refractivity (Wildman–Crippen MR) is 97.1 cm³/mol. The largest absolute Gasteiger partial charge is 0.388 e. The normalized spacial score (nSPS) is 17.4. The fourth-order valence-corrected chi connectivity index (χ4v) is 2.82. The zero-order valence-corrected chi connectivity index (χ0v) is 15.5. The first-order valence-corrected chi connectivity index (χ1v) is 7.28. The van der Waals surface area contributed by atoms with Gasteiger partial charge in [-0.1, -0.05) is 12.8 Å². The number of halogens is 1. The Morgan fingerprint density at radius 3 is 2.67 bits per heavy atom. The number of hydrogen-bond acceptors (Lipinski definition) is 2. The summed E-state index contributed by atoms with van der Waals surface area (Å²) in [5, 5.41) is 13.7. The third kappa shape index (κ3) is 4.88. The number of aryl methyl sites for hydroxylation is 1. The molecule has 0 bridgehead atoms. The summed E-state index contributed by atoms with van der Waals surface area (Å²) < 4.78 is 2.11. The molecule has 1 aromatic rings. The van der Waals surface area contributed by atoms with E-state index in [9.17, 15) is 5.11 Å². The molecule has 1 heterocycles. The lowest BCUT2D eigenvalue weighted by molar-refractivity contribution is 0.0516. The van der Waals surface area contributed by atoms with Gasteiger partial charge in [0.2, 0.25) is 0 Å². The van der Waals surface area contributed by atoms with Crippen LogP contribution in [0.2, 0.25) is 0 Å². The molecule has 1 aromatic heterocycles. The van der Waals surface area contributed by atoms with Gasteiger partial charge in [-0.2, -0.15) is 0 Å². The molecule has 1 fully saturated rings. The molecule has 120 valence electrons.